The van der Waals surface area contributed by atoms with Gasteiger partial charge in [-0.2, -0.15) is 0 Å². The van der Waals surface area contributed by atoms with Gasteiger partial charge in [-0.15, -0.1) is 0 Å². The number of hydrogen-bond acceptors (Lipinski definition) is 4. The van der Waals surface area contributed by atoms with Crippen molar-refractivity contribution in [2.24, 2.45) is 0 Å². The number of rotatable bonds is 4. The maximum absolute atomic E-state index is 6.40. The minimum absolute atomic E-state index is 0.609. The molecule has 48 heavy (non-hydrogen) atoms. The Morgan fingerprint density at radius 3 is 1.75 bits per heavy atom. The van der Waals surface area contributed by atoms with Crippen molar-refractivity contribution in [3.63, 3.8) is 0 Å². The van der Waals surface area contributed by atoms with Crippen molar-refractivity contribution in [1.82, 2.24) is 19.5 Å². The van der Waals surface area contributed by atoms with Gasteiger partial charge in [-0.1, -0.05) is 109 Å². The lowest BCUT2D eigenvalue weighted by atomic mass is 10.0. The minimum atomic E-state index is 0.609. The lowest BCUT2D eigenvalue weighted by molar-refractivity contribution is 0.672. The summed E-state index contributed by atoms with van der Waals surface area (Å²) in [6, 6.07) is 54.5. The first-order valence-electron chi connectivity index (χ1n) is 16.0. The van der Waals surface area contributed by atoms with Crippen LogP contribution in [-0.4, -0.2) is 19.5 Å². The molecule has 0 spiro atoms. The molecule has 0 bridgehead atoms. The van der Waals surface area contributed by atoms with Gasteiger partial charge in [-0.25, -0.2) is 15.0 Å². The Morgan fingerprint density at radius 1 is 0.396 bits per heavy atom. The van der Waals surface area contributed by atoms with Gasteiger partial charge < -0.3 is 8.98 Å². The van der Waals surface area contributed by atoms with Crippen molar-refractivity contribution in [1.29, 1.82) is 0 Å². The van der Waals surface area contributed by atoms with Crippen LogP contribution in [0.5, 0.6) is 0 Å². The molecule has 0 saturated heterocycles. The predicted octanol–water partition coefficient (Wildman–Crippen LogP) is 11.0. The summed E-state index contributed by atoms with van der Waals surface area (Å²) in [5.41, 5.74) is 7.84. The highest BCUT2D eigenvalue weighted by Crippen LogP contribution is 2.37. The standard InChI is InChI=1S/C43H26N4O/c1-2-12-28(13-3-1)41-44-42(29-14-10-15-31(25-29)47-37-19-8-6-17-33(37)34-18-7-9-20-38(34)47)46-43(45-41)30-22-24-39-36(26-30)35-23-21-27-11-4-5-16-32(27)40(35)48-39/h1-26H. The fourth-order valence-electron chi connectivity index (χ4n) is 6.98. The smallest absolute Gasteiger partial charge is 0.164 e. The molecule has 0 fully saturated rings. The van der Waals surface area contributed by atoms with Crippen molar-refractivity contribution >= 4 is 54.5 Å². The number of fused-ring (bicyclic) bond motifs is 8. The van der Waals surface area contributed by atoms with E-state index in [0.29, 0.717) is 17.5 Å². The molecule has 10 aromatic rings. The lowest BCUT2D eigenvalue weighted by Gasteiger charge is -2.11. The summed E-state index contributed by atoms with van der Waals surface area (Å²) in [7, 11) is 0. The summed E-state index contributed by atoms with van der Waals surface area (Å²) in [6.07, 6.45) is 0. The van der Waals surface area contributed by atoms with Crippen LogP contribution in [-0.2, 0) is 0 Å². The number of benzene rings is 7. The van der Waals surface area contributed by atoms with E-state index in [4.69, 9.17) is 19.4 Å². The summed E-state index contributed by atoms with van der Waals surface area (Å²) in [4.78, 5) is 15.2. The normalized spacial score (nSPS) is 11.8. The third-order valence-corrected chi connectivity index (χ3v) is 9.23. The van der Waals surface area contributed by atoms with E-state index in [1.54, 1.807) is 0 Å². The van der Waals surface area contributed by atoms with Crippen molar-refractivity contribution in [3.8, 4) is 39.9 Å². The second kappa shape index (κ2) is 10.5. The van der Waals surface area contributed by atoms with E-state index in [9.17, 15) is 0 Å². The average molecular weight is 615 g/mol. The third kappa shape index (κ3) is 4.15. The van der Waals surface area contributed by atoms with Gasteiger partial charge in [0.2, 0.25) is 0 Å². The van der Waals surface area contributed by atoms with Crippen LogP contribution in [0.1, 0.15) is 0 Å². The van der Waals surface area contributed by atoms with E-state index < -0.39 is 0 Å². The molecule has 3 heterocycles. The Balaban J connectivity index is 1.16. The predicted molar refractivity (Wildman–Crippen MR) is 195 cm³/mol. The van der Waals surface area contributed by atoms with E-state index in [1.807, 2.05) is 48.5 Å². The van der Waals surface area contributed by atoms with Crippen molar-refractivity contribution in [2.75, 3.05) is 0 Å². The number of furan rings is 1. The van der Waals surface area contributed by atoms with Crippen molar-refractivity contribution in [2.45, 2.75) is 0 Å². The highest BCUT2D eigenvalue weighted by Gasteiger charge is 2.17. The highest BCUT2D eigenvalue weighted by molar-refractivity contribution is 6.15. The average Bonchev–Trinajstić information content (AvgIpc) is 3.71. The van der Waals surface area contributed by atoms with Gasteiger partial charge in [0.15, 0.2) is 17.5 Å². The van der Waals surface area contributed by atoms with E-state index in [-0.39, 0.29) is 0 Å². The summed E-state index contributed by atoms with van der Waals surface area (Å²) >= 11 is 0. The third-order valence-electron chi connectivity index (χ3n) is 9.23. The van der Waals surface area contributed by atoms with Gasteiger partial charge in [0.1, 0.15) is 11.2 Å². The van der Waals surface area contributed by atoms with Gasteiger partial charge in [0.25, 0.3) is 0 Å². The van der Waals surface area contributed by atoms with Crippen LogP contribution in [0.3, 0.4) is 0 Å². The van der Waals surface area contributed by atoms with Crippen LogP contribution >= 0.6 is 0 Å². The first-order valence-corrected chi connectivity index (χ1v) is 16.0. The highest BCUT2D eigenvalue weighted by atomic mass is 16.3. The van der Waals surface area contributed by atoms with Crippen molar-refractivity contribution in [3.05, 3.63) is 158 Å². The number of para-hydroxylation sites is 2. The first-order chi connectivity index (χ1) is 23.8. The molecule has 3 aromatic heterocycles. The lowest BCUT2D eigenvalue weighted by Crippen LogP contribution is -2.01. The Labute approximate surface area is 275 Å². The number of nitrogens with zero attached hydrogens (tertiary/aromatic N) is 4. The van der Waals surface area contributed by atoms with E-state index in [2.05, 4.69) is 114 Å². The van der Waals surface area contributed by atoms with Gasteiger partial charge in [-0.05, 0) is 53.9 Å². The molecular formula is C43H26N4O. The molecule has 0 unspecified atom stereocenters. The van der Waals surface area contributed by atoms with E-state index in [1.165, 1.54) is 10.8 Å². The Morgan fingerprint density at radius 2 is 1.00 bits per heavy atom. The van der Waals surface area contributed by atoms with Crippen LogP contribution in [0.2, 0.25) is 0 Å². The topological polar surface area (TPSA) is 56.7 Å². The second-order valence-electron chi connectivity index (χ2n) is 12.1. The summed E-state index contributed by atoms with van der Waals surface area (Å²) in [5, 5.41) is 6.81. The molecule has 5 heteroatoms. The molecule has 0 amide bonds. The molecule has 5 nitrogen and oxygen atoms in total. The van der Waals surface area contributed by atoms with Crippen LogP contribution in [0.4, 0.5) is 0 Å². The zero-order chi connectivity index (χ0) is 31.6. The molecule has 0 radical (unpaired) electrons. The summed E-state index contributed by atoms with van der Waals surface area (Å²) in [6.45, 7) is 0. The fraction of sp³-hybridized carbons (Fsp3) is 0. The second-order valence-corrected chi connectivity index (χ2v) is 12.1. The maximum atomic E-state index is 6.40. The monoisotopic (exact) mass is 614 g/mol. The van der Waals surface area contributed by atoms with E-state index >= 15 is 0 Å². The molecule has 0 atom stereocenters. The zero-order valence-corrected chi connectivity index (χ0v) is 25.7. The van der Waals surface area contributed by atoms with Gasteiger partial charge in [-0.3, -0.25) is 0 Å². The molecule has 0 aliphatic heterocycles. The molecule has 10 rings (SSSR count). The number of aromatic nitrogens is 4. The van der Waals surface area contributed by atoms with Crippen LogP contribution in [0.25, 0.3) is 94.4 Å². The zero-order valence-electron chi connectivity index (χ0n) is 25.7. The summed E-state index contributed by atoms with van der Waals surface area (Å²) in [5.74, 6) is 1.85. The van der Waals surface area contributed by atoms with Crippen LogP contribution in [0, 0.1) is 0 Å². The molecule has 0 saturated carbocycles. The van der Waals surface area contributed by atoms with Crippen molar-refractivity contribution < 1.29 is 4.42 Å². The van der Waals surface area contributed by atoms with Gasteiger partial charge in [0, 0.05) is 49.3 Å². The van der Waals surface area contributed by atoms with Gasteiger partial charge >= 0.3 is 0 Å². The quantitative estimate of drug-likeness (QED) is 0.198. The SMILES string of the molecule is c1ccc(-c2nc(-c3cccc(-n4c5ccccc5c5ccccc54)c3)nc(-c3ccc4oc5c6ccccc6ccc5c4c3)n2)cc1. The fourth-order valence-corrected chi connectivity index (χ4v) is 6.98. The van der Waals surface area contributed by atoms with Crippen LogP contribution < -0.4 is 0 Å². The molecule has 0 aliphatic rings. The molecule has 7 aromatic carbocycles. The van der Waals surface area contributed by atoms with E-state index in [0.717, 1.165) is 66.1 Å². The Bertz CT molecular complexity index is 2800. The maximum Gasteiger partial charge on any atom is 0.164 e. The van der Waals surface area contributed by atoms with Gasteiger partial charge in [0.05, 0.1) is 11.0 Å². The Kier molecular flexibility index (Phi) is 5.81. The van der Waals surface area contributed by atoms with Crippen LogP contribution in [0.15, 0.2) is 162 Å². The number of hydrogen-bond donors (Lipinski definition) is 0. The molecule has 0 N–H and O–H groups in total. The minimum Gasteiger partial charge on any atom is -0.455 e. The summed E-state index contributed by atoms with van der Waals surface area (Å²) < 4.78 is 8.71. The Hall–Kier alpha value is -6.59. The largest absolute Gasteiger partial charge is 0.455 e. The molecule has 0 aliphatic carbocycles. The molecular weight excluding hydrogens is 589 g/mol. The first kappa shape index (κ1) is 26.6. The molecule has 224 valence electrons.